The zero-order valence-electron chi connectivity index (χ0n) is 9.15. The Morgan fingerprint density at radius 3 is 2.53 bits per heavy atom. The third kappa shape index (κ3) is 2.35. The van der Waals surface area contributed by atoms with Crippen LogP contribution in [-0.2, 0) is 11.2 Å². The minimum atomic E-state index is -1.28. The molecule has 0 saturated heterocycles. The molecule has 0 fully saturated rings. The number of hydrogen-bond donors (Lipinski definition) is 2. The molecule has 0 aromatic carbocycles. The Labute approximate surface area is 93.1 Å². The normalized spacial score (nSPS) is 16.0. The first-order chi connectivity index (χ1) is 6.77. The van der Waals surface area contributed by atoms with E-state index in [0.717, 1.165) is 5.69 Å². The predicted octanol–water partition coefficient (Wildman–Crippen LogP) is 1.51. The number of aromatic nitrogens is 1. The number of nitrogens with zero attached hydrogens (tertiary/aromatic N) is 1. The average Bonchev–Trinajstić information content (AvgIpc) is 2.54. The fourth-order valence-corrected chi connectivity index (χ4v) is 1.83. The van der Waals surface area contributed by atoms with Crippen LogP contribution in [0.3, 0.4) is 0 Å². The topological polar surface area (TPSA) is 76.2 Å². The molecule has 0 spiro atoms. The Hall–Kier alpha value is -0.940. The Kier molecular flexibility index (Phi) is 3.16. The lowest BCUT2D eigenvalue weighted by molar-refractivity contribution is -0.147. The van der Waals surface area contributed by atoms with Gasteiger partial charge in [-0.3, -0.25) is 4.79 Å². The second-order valence-corrected chi connectivity index (χ2v) is 5.40. The minimum Gasteiger partial charge on any atom is -0.480 e. The zero-order chi connectivity index (χ0) is 11.7. The first kappa shape index (κ1) is 12.1. The van der Waals surface area contributed by atoms with E-state index in [0.29, 0.717) is 0 Å². The largest absolute Gasteiger partial charge is 0.480 e. The van der Waals surface area contributed by atoms with Crippen molar-refractivity contribution in [3.8, 4) is 0 Å². The van der Waals surface area contributed by atoms with Crippen LogP contribution in [0.5, 0.6) is 0 Å². The number of aliphatic carboxylic acids is 1. The van der Waals surface area contributed by atoms with Gasteiger partial charge in [0.15, 0.2) is 0 Å². The van der Waals surface area contributed by atoms with Gasteiger partial charge in [-0.2, -0.15) is 0 Å². The number of hydrogen-bond acceptors (Lipinski definition) is 4. The van der Waals surface area contributed by atoms with Crippen molar-refractivity contribution in [3.63, 3.8) is 0 Å². The molecule has 0 amide bonds. The smallest absolute Gasteiger partial charge is 0.324 e. The molecule has 0 bridgehead atoms. The average molecular weight is 228 g/mol. The molecular weight excluding hydrogens is 212 g/mol. The van der Waals surface area contributed by atoms with Gasteiger partial charge in [0.2, 0.25) is 0 Å². The highest BCUT2D eigenvalue weighted by atomic mass is 32.1. The molecule has 1 aromatic heterocycles. The second-order valence-electron chi connectivity index (χ2n) is 4.68. The Morgan fingerprint density at radius 1 is 1.60 bits per heavy atom. The van der Waals surface area contributed by atoms with Crippen LogP contribution in [0.4, 0.5) is 0 Å². The van der Waals surface area contributed by atoms with Gasteiger partial charge in [0.25, 0.3) is 0 Å². The standard InChI is InChI=1S/C10H16N2O2S/c1-9(2,3)10(11,8(13)14)4-7-5-15-6-12-7/h5-6H,4,11H2,1-3H3,(H,13,14). The highest BCUT2D eigenvalue weighted by Crippen LogP contribution is 2.31. The van der Waals surface area contributed by atoms with Crippen LogP contribution >= 0.6 is 11.3 Å². The molecule has 0 aliphatic heterocycles. The quantitative estimate of drug-likeness (QED) is 0.822. The van der Waals surface area contributed by atoms with Gasteiger partial charge in [-0.25, -0.2) is 4.98 Å². The summed E-state index contributed by atoms with van der Waals surface area (Å²) in [4.78, 5) is 15.3. The molecule has 15 heavy (non-hydrogen) atoms. The summed E-state index contributed by atoms with van der Waals surface area (Å²) in [6.45, 7) is 5.48. The van der Waals surface area contributed by atoms with E-state index in [2.05, 4.69) is 4.98 Å². The SMILES string of the molecule is CC(C)(C)C(N)(Cc1cscn1)C(=O)O. The molecule has 0 aliphatic rings. The molecule has 0 radical (unpaired) electrons. The maximum absolute atomic E-state index is 11.2. The summed E-state index contributed by atoms with van der Waals surface area (Å²) in [6, 6.07) is 0. The number of carbonyl (C=O) groups is 1. The number of rotatable bonds is 3. The van der Waals surface area contributed by atoms with Gasteiger partial charge >= 0.3 is 5.97 Å². The van der Waals surface area contributed by atoms with Crippen molar-refractivity contribution in [1.82, 2.24) is 4.98 Å². The van der Waals surface area contributed by atoms with E-state index in [1.165, 1.54) is 11.3 Å². The predicted molar refractivity (Wildman–Crippen MR) is 59.8 cm³/mol. The Morgan fingerprint density at radius 2 is 2.20 bits per heavy atom. The molecule has 0 aliphatic carbocycles. The summed E-state index contributed by atoms with van der Waals surface area (Å²) >= 11 is 1.44. The molecule has 3 N–H and O–H groups in total. The molecule has 1 rings (SSSR count). The highest BCUT2D eigenvalue weighted by molar-refractivity contribution is 7.07. The van der Waals surface area contributed by atoms with E-state index < -0.39 is 16.9 Å². The highest BCUT2D eigenvalue weighted by Gasteiger charge is 2.45. The molecule has 1 unspecified atom stereocenters. The third-order valence-electron chi connectivity index (χ3n) is 2.66. The van der Waals surface area contributed by atoms with Crippen LogP contribution in [0.2, 0.25) is 0 Å². The molecular formula is C10H16N2O2S. The summed E-state index contributed by atoms with van der Waals surface area (Å²) in [5.74, 6) is -0.983. The number of nitrogens with two attached hydrogens (primary N) is 1. The summed E-state index contributed by atoms with van der Waals surface area (Å²) in [6.07, 6.45) is 0.259. The molecule has 1 aromatic rings. The summed E-state index contributed by atoms with van der Waals surface area (Å²) in [5, 5.41) is 11.0. The van der Waals surface area contributed by atoms with Gasteiger partial charge in [-0.1, -0.05) is 20.8 Å². The summed E-state index contributed by atoms with van der Waals surface area (Å²) < 4.78 is 0. The van der Waals surface area contributed by atoms with Crippen LogP contribution in [0, 0.1) is 5.41 Å². The van der Waals surface area contributed by atoms with Gasteiger partial charge in [-0.15, -0.1) is 11.3 Å². The van der Waals surface area contributed by atoms with E-state index in [1.54, 1.807) is 5.51 Å². The van der Waals surface area contributed by atoms with E-state index in [9.17, 15) is 9.90 Å². The van der Waals surface area contributed by atoms with Crippen molar-refractivity contribution < 1.29 is 9.90 Å². The van der Waals surface area contributed by atoms with E-state index in [-0.39, 0.29) is 6.42 Å². The van der Waals surface area contributed by atoms with Crippen molar-refractivity contribution in [2.45, 2.75) is 32.7 Å². The van der Waals surface area contributed by atoms with Crippen LogP contribution in [-0.4, -0.2) is 21.6 Å². The van der Waals surface area contributed by atoms with Gasteiger partial charge in [0, 0.05) is 11.8 Å². The van der Waals surface area contributed by atoms with E-state index >= 15 is 0 Å². The van der Waals surface area contributed by atoms with Crippen LogP contribution in [0.1, 0.15) is 26.5 Å². The van der Waals surface area contributed by atoms with Crippen LogP contribution in [0.15, 0.2) is 10.9 Å². The molecule has 0 saturated carbocycles. The fourth-order valence-electron chi connectivity index (χ4n) is 1.27. The van der Waals surface area contributed by atoms with Crippen molar-refractivity contribution in [2.24, 2.45) is 11.1 Å². The second kappa shape index (κ2) is 3.90. The van der Waals surface area contributed by atoms with Crippen molar-refractivity contribution in [2.75, 3.05) is 0 Å². The molecule has 1 atom stereocenters. The van der Waals surface area contributed by atoms with Crippen molar-refractivity contribution in [1.29, 1.82) is 0 Å². The first-order valence-corrected chi connectivity index (χ1v) is 5.61. The van der Waals surface area contributed by atoms with Crippen molar-refractivity contribution in [3.05, 3.63) is 16.6 Å². The van der Waals surface area contributed by atoms with E-state index in [4.69, 9.17) is 5.73 Å². The maximum Gasteiger partial charge on any atom is 0.324 e. The van der Waals surface area contributed by atoms with Gasteiger partial charge in [0.05, 0.1) is 11.2 Å². The lowest BCUT2D eigenvalue weighted by atomic mass is 9.71. The molecule has 5 heteroatoms. The van der Waals surface area contributed by atoms with Gasteiger partial charge in [-0.05, 0) is 5.41 Å². The van der Waals surface area contributed by atoms with Crippen LogP contribution < -0.4 is 5.73 Å². The lowest BCUT2D eigenvalue weighted by Crippen LogP contribution is -2.59. The number of carboxylic acid groups (broad SMARTS) is 1. The maximum atomic E-state index is 11.2. The third-order valence-corrected chi connectivity index (χ3v) is 3.30. The minimum absolute atomic E-state index is 0.259. The number of carboxylic acids is 1. The monoisotopic (exact) mass is 228 g/mol. The van der Waals surface area contributed by atoms with E-state index in [1.807, 2.05) is 26.2 Å². The van der Waals surface area contributed by atoms with Crippen LogP contribution in [0.25, 0.3) is 0 Å². The summed E-state index contributed by atoms with van der Waals surface area (Å²) in [7, 11) is 0. The molecule has 4 nitrogen and oxygen atoms in total. The lowest BCUT2D eigenvalue weighted by Gasteiger charge is -2.37. The molecule has 1 heterocycles. The van der Waals surface area contributed by atoms with Gasteiger partial charge in [0.1, 0.15) is 5.54 Å². The number of thiazole rings is 1. The Bertz CT molecular complexity index is 343. The van der Waals surface area contributed by atoms with Gasteiger partial charge < -0.3 is 10.8 Å². The molecule has 84 valence electrons. The first-order valence-electron chi connectivity index (χ1n) is 4.67. The van der Waals surface area contributed by atoms with Crippen molar-refractivity contribution >= 4 is 17.3 Å². The Balaban J connectivity index is 2.99. The zero-order valence-corrected chi connectivity index (χ0v) is 9.97. The fraction of sp³-hybridized carbons (Fsp3) is 0.600. The summed E-state index contributed by atoms with van der Waals surface area (Å²) in [5.41, 5.74) is 6.60.